The summed E-state index contributed by atoms with van der Waals surface area (Å²) in [4.78, 5) is 25.7. The molecule has 20 heavy (non-hydrogen) atoms. The van der Waals surface area contributed by atoms with E-state index >= 15 is 0 Å². The van der Waals surface area contributed by atoms with Gasteiger partial charge in [0.15, 0.2) is 0 Å². The number of hydrogen-bond acceptors (Lipinski definition) is 3. The normalized spacial score (nSPS) is 22.6. The maximum Gasteiger partial charge on any atom is 0.311 e. The van der Waals surface area contributed by atoms with Gasteiger partial charge in [0.25, 0.3) is 0 Å². The smallest absolute Gasteiger partial charge is 0.311 e. The second-order valence-corrected chi connectivity index (χ2v) is 6.22. The quantitative estimate of drug-likeness (QED) is 0.777. The van der Waals surface area contributed by atoms with Gasteiger partial charge in [0.2, 0.25) is 5.91 Å². The Labute approximate surface area is 120 Å². The molecule has 1 saturated heterocycles. The first-order valence-corrected chi connectivity index (χ1v) is 7.85. The van der Waals surface area contributed by atoms with Gasteiger partial charge < -0.3 is 15.3 Å². The van der Waals surface area contributed by atoms with E-state index in [1.165, 1.54) is 12.8 Å². The third-order valence-corrected chi connectivity index (χ3v) is 4.74. The third-order valence-electron chi connectivity index (χ3n) is 4.74. The van der Waals surface area contributed by atoms with Crippen molar-refractivity contribution >= 4 is 11.9 Å². The van der Waals surface area contributed by atoms with E-state index in [0.29, 0.717) is 25.8 Å². The molecule has 0 spiro atoms. The summed E-state index contributed by atoms with van der Waals surface area (Å²) in [5.74, 6) is -0.764. The van der Waals surface area contributed by atoms with Gasteiger partial charge in [-0.2, -0.15) is 0 Å². The number of carboxylic acids is 1. The van der Waals surface area contributed by atoms with Crippen LogP contribution in [0.25, 0.3) is 0 Å². The van der Waals surface area contributed by atoms with E-state index in [-0.39, 0.29) is 5.91 Å². The van der Waals surface area contributed by atoms with E-state index in [0.717, 1.165) is 38.9 Å². The minimum absolute atomic E-state index is 0.0110. The molecule has 0 aromatic carbocycles. The zero-order valence-corrected chi connectivity index (χ0v) is 12.2. The predicted octanol–water partition coefficient (Wildman–Crippen LogP) is 1.62. The number of nitrogens with one attached hydrogen (secondary N) is 1. The van der Waals surface area contributed by atoms with Crippen LogP contribution in [0.5, 0.6) is 0 Å². The van der Waals surface area contributed by atoms with E-state index in [4.69, 9.17) is 0 Å². The van der Waals surface area contributed by atoms with Crippen LogP contribution in [0.2, 0.25) is 0 Å². The van der Waals surface area contributed by atoms with E-state index < -0.39 is 11.4 Å². The van der Waals surface area contributed by atoms with Crippen molar-refractivity contribution in [1.29, 1.82) is 0 Å². The second-order valence-electron chi connectivity index (χ2n) is 6.22. The van der Waals surface area contributed by atoms with Crippen LogP contribution in [0.4, 0.5) is 0 Å². The van der Waals surface area contributed by atoms with Crippen LogP contribution in [0, 0.1) is 5.41 Å². The number of carboxylic acid groups (broad SMARTS) is 1. The van der Waals surface area contributed by atoms with Gasteiger partial charge >= 0.3 is 5.97 Å². The molecule has 0 aromatic heterocycles. The number of hydrogen-bond donors (Lipinski definition) is 2. The molecule has 0 atom stereocenters. The minimum atomic E-state index is -0.753. The number of likely N-dealkylation sites (tertiary alicyclic amines) is 1. The molecule has 2 rings (SSSR count). The minimum Gasteiger partial charge on any atom is -0.481 e. The van der Waals surface area contributed by atoms with Gasteiger partial charge in [-0.15, -0.1) is 0 Å². The summed E-state index contributed by atoms with van der Waals surface area (Å²) in [6.07, 6.45) is 7.33. The SMILES string of the molecule is O=C(CCN1CCCC1)NCC1(C(=O)O)CCCCC1. The highest BCUT2D eigenvalue weighted by Crippen LogP contribution is 2.35. The lowest BCUT2D eigenvalue weighted by Gasteiger charge is -2.33. The molecule has 1 aliphatic heterocycles. The summed E-state index contributed by atoms with van der Waals surface area (Å²) in [6, 6.07) is 0. The van der Waals surface area contributed by atoms with Gasteiger partial charge in [0, 0.05) is 19.5 Å². The fourth-order valence-corrected chi connectivity index (χ4v) is 3.32. The maximum atomic E-state index is 11.9. The van der Waals surface area contributed by atoms with Gasteiger partial charge in [-0.3, -0.25) is 9.59 Å². The zero-order valence-electron chi connectivity index (χ0n) is 12.2. The summed E-state index contributed by atoms with van der Waals surface area (Å²) in [5, 5.41) is 12.3. The Morgan fingerprint density at radius 3 is 2.30 bits per heavy atom. The average molecular weight is 282 g/mol. The number of carbonyl (C=O) groups excluding carboxylic acids is 1. The molecule has 1 saturated carbocycles. The van der Waals surface area contributed by atoms with Gasteiger partial charge in [0.05, 0.1) is 5.41 Å². The van der Waals surface area contributed by atoms with Crippen molar-refractivity contribution < 1.29 is 14.7 Å². The van der Waals surface area contributed by atoms with E-state index in [1.807, 2.05) is 0 Å². The first kappa shape index (κ1) is 15.3. The van der Waals surface area contributed by atoms with Crippen molar-refractivity contribution in [2.45, 2.75) is 51.4 Å². The Balaban J connectivity index is 1.74. The molecule has 0 aromatic rings. The molecule has 0 bridgehead atoms. The molecule has 2 fully saturated rings. The van der Waals surface area contributed by atoms with Crippen LogP contribution in [-0.2, 0) is 9.59 Å². The van der Waals surface area contributed by atoms with Crippen molar-refractivity contribution in [2.75, 3.05) is 26.2 Å². The molecule has 5 nitrogen and oxygen atoms in total. The van der Waals surface area contributed by atoms with Crippen LogP contribution in [-0.4, -0.2) is 48.1 Å². The van der Waals surface area contributed by atoms with Gasteiger partial charge in [-0.1, -0.05) is 19.3 Å². The Morgan fingerprint density at radius 1 is 1.05 bits per heavy atom. The topological polar surface area (TPSA) is 69.6 Å². The summed E-state index contributed by atoms with van der Waals surface area (Å²) in [6.45, 7) is 3.27. The Bertz CT molecular complexity index is 345. The lowest BCUT2D eigenvalue weighted by atomic mass is 9.74. The second kappa shape index (κ2) is 7.07. The molecule has 1 amide bonds. The monoisotopic (exact) mass is 282 g/mol. The highest BCUT2D eigenvalue weighted by molar-refractivity contribution is 5.79. The number of nitrogens with zero attached hydrogens (tertiary/aromatic N) is 1. The van der Waals surface area contributed by atoms with Crippen molar-refractivity contribution in [1.82, 2.24) is 10.2 Å². The fraction of sp³-hybridized carbons (Fsp3) is 0.867. The third kappa shape index (κ3) is 3.95. The van der Waals surface area contributed by atoms with Crippen molar-refractivity contribution in [3.05, 3.63) is 0 Å². The van der Waals surface area contributed by atoms with Crippen LogP contribution in [0.1, 0.15) is 51.4 Å². The molecule has 1 heterocycles. The van der Waals surface area contributed by atoms with E-state index in [2.05, 4.69) is 10.2 Å². The summed E-state index contributed by atoms with van der Waals surface area (Å²) >= 11 is 0. The number of carbonyl (C=O) groups is 2. The lowest BCUT2D eigenvalue weighted by molar-refractivity contribution is -0.151. The molecule has 2 aliphatic rings. The predicted molar refractivity (Wildman–Crippen MR) is 76.5 cm³/mol. The molecule has 0 unspecified atom stereocenters. The number of amides is 1. The molecular formula is C15H26N2O3. The number of aliphatic carboxylic acids is 1. The van der Waals surface area contributed by atoms with E-state index in [1.54, 1.807) is 0 Å². The summed E-state index contributed by atoms with van der Waals surface area (Å²) < 4.78 is 0. The first-order chi connectivity index (χ1) is 9.62. The first-order valence-electron chi connectivity index (χ1n) is 7.85. The van der Waals surface area contributed by atoms with Crippen LogP contribution >= 0.6 is 0 Å². The van der Waals surface area contributed by atoms with Gasteiger partial charge in [0.1, 0.15) is 0 Å². The van der Waals surface area contributed by atoms with Crippen LogP contribution < -0.4 is 5.32 Å². The molecule has 1 aliphatic carbocycles. The van der Waals surface area contributed by atoms with Gasteiger partial charge in [-0.05, 0) is 38.8 Å². The summed E-state index contributed by atoms with van der Waals surface area (Å²) in [7, 11) is 0. The van der Waals surface area contributed by atoms with E-state index in [9.17, 15) is 14.7 Å². The van der Waals surface area contributed by atoms with Crippen LogP contribution in [0.15, 0.2) is 0 Å². The Hall–Kier alpha value is -1.10. The molecule has 5 heteroatoms. The standard InChI is InChI=1S/C15H26N2O3/c18-13(6-11-17-9-4-5-10-17)16-12-15(14(19)20)7-2-1-3-8-15/h1-12H2,(H,16,18)(H,19,20). The molecule has 114 valence electrons. The average Bonchev–Trinajstić information content (AvgIpc) is 2.97. The lowest BCUT2D eigenvalue weighted by Crippen LogP contribution is -2.44. The molecule has 0 radical (unpaired) electrons. The molecule has 2 N–H and O–H groups in total. The largest absolute Gasteiger partial charge is 0.481 e. The zero-order chi connectivity index (χ0) is 14.4. The Morgan fingerprint density at radius 2 is 1.70 bits per heavy atom. The highest BCUT2D eigenvalue weighted by Gasteiger charge is 2.39. The van der Waals surface area contributed by atoms with Crippen molar-refractivity contribution in [3.8, 4) is 0 Å². The summed E-state index contributed by atoms with van der Waals surface area (Å²) in [5.41, 5.74) is -0.721. The maximum absolute atomic E-state index is 11.9. The van der Waals surface area contributed by atoms with Crippen molar-refractivity contribution in [2.24, 2.45) is 5.41 Å². The fourth-order valence-electron chi connectivity index (χ4n) is 3.32. The number of rotatable bonds is 6. The van der Waals surface area contributed by atoms with Crippen molar-refractivity contribution in [3.63, 3.8) is 0 Å². The molecular weight excluding hydrogens is 256 g/mol. The Kier molecular flexibility index (Phi) is 5.40. The van der Waals surface area contributed by atoms with Crippen LogP contribution in [0.3, 0.4) is 0 Å². The van der Waals surface area contributed by atoms with Gasteiger partial charge in [-0.25, -0.2) is 0 Å². The highest BCUT2D eigenvalue weighted by atomic mass is 16.4.